The van der Waals surface area contributed by atoms with Gasteiger partial charge in [-0.1, -0.05) is 5.92 Å². The Kier molecular flexibility index (Phi) is 5.82. The van der Waals surface area contributed by atoms with Gasteiger partial charge in [-0.3, -0.25) is 0 Å². The zero-order chi connectivity index (χ0) is 14.3. The molecule has 0 spiro atoms. The van der Waals surface area contributed by atoms with Gasteiger partial charge in [-0.2, -0.15) is 0 Å². The number of aliphatic imine (C=N–C) groups is 1. The van der Waals surface area contributed by atoms with Crippen molar-refractivity contribution in [3.05, 3.63) is 17.0 Å². The molecule has 0 aliphatic heterocycles. The molecule has 0 aliphatic rings. The lowest BCUT2D eigenvalue weighted by Gasteiger charge is -2.07. The number of terminal acetylenes is 1. The first-order valence-corrected chi connectivity index (χ1v) is 7.90. The van der Waals surface area contributed by atoms with Crippen molar-refractivity contribution >= 4 is 27.3 Å². The normalized spacial score (nSPS) is 11.9. The number of rotatable bonds is 5. The largest absolute Gasteiger partial charge is 0.357 e. The molecule has 0 saturated carbocycles. The van der Waals surface area contributed by atoms with Crippen LogP contribution in [0.5, 0.6) is 0 Å². The van der Waals surface area contributed by atoms with Crippen molar-refractivity contribution < 1.29 is 8.42 Å². The van der Waals surface area contributed by atoms with Gasteiger partial charge in [0.1, 0.15) is 4.21 Å². The second kappa shape index (κ2) is 7.13. The van der Waals surface area contributed by atoms with E-state index in [9.17, 15) is 8.42 Å². The maximum Gasteiger partial charge on any atom is 0.247 e. The topological polar surface area (TPSA) is 96.6 Å². The summed E-state index contributed by atoms with van der Waals surface area (Å²) in [5.41, 5.74) is 0. The Morgan fingerprint density at radius 3 is 2.79 bits per heavy atom. The number of primary sulfonamides is 1. The van der Waals surface area contributed by atoms with E-state index in [2.05, 4.69) is 21.5 Å². The highest BCUT2D eigenvalue weighted by atomic mass is 32.2. The van der Waals surface area contributed by atoms with Crippen LogP contribution < -0.4 is 15.8 Å². The molecule has 0 atom stereocenters. The average molecular weight is 300 g/mol. The van der Waals surface area contributed by atoms with E-state index in [-0.39, 0.29) is 4.21 Å². The summed E-state index contributed by atoms with van der Waals surface area (Å²) >= 11 is 1.11. The van der Waals surface area contributed by atoms with Gasteiger partial charge in [0.2, 0.25) is 10.0 Å². The van der Waals surface area contributed by atoms with Crippen molar-refractivity contribution in [3.8, 4) is 12.3 Å². The van der Waals surface area contributed by atoms with E-state index in [0.717, 1.165) is 16.2 Å². The first kappa shape index (κ1) is 15.5. The predicted molar refractivity (Wildman–Crippen MR) is 77.3 cm³/mol. The molecule has 6 nitrogen and oxygen atoms in total. The summed E-state index contributed by atoms with van der Waals surface area (Å²) in [5, 5.41) is 11.0. The smallest absolute Gasteiger partial charge is 0.247 e. The number of hydrogen-bond donors (Lipinski definition) is 3. The second-order valence-corrected chi connectivity index (χ2v) is 6.48. The van der Waals surface area contributed by atoms with Crippen LogP contribution in [0, 0.1) is 12.3 Å². The maximum absolute atomic E-state index is 11.1. The summed E-state index contributed by atoms with van der Waals surface area (Å²) in [7, 11) is -3.63. The molecule has 1 heterocycles. The van der Waals surface area contributed by atoms with Gasteiger partial charge >= 0.3 is 0 Å². The molecule has 8 heteroatoms. The fraction of sp³-hybridized carbons (Fsp3) is 0.364. The van der Waals surface area contributed by atoms with Crippen LogP contribution in [0.3, 0.4) is 0 Å². The lowest BCUT2D eigenvalue weighted by Crippen LogP contribution is -2.37. The van der Waals surface area contributed by atoms with E-state index < -0.39 is 10.0 Å². The number of nitrogens with one attached hydrogen (secondary N) is 2. The van der Waals surface area contributed by atoms with Gasteiger partial charge in [0.25, 0.3) is 0 Å². The van der Waals surface area contributed by atoms with Crippen molar-refractivity contribution in [2.24, 2.45) is 10.1 Å². The van der Waals surface area contributed by atoms with Crippen molar-refractivity contribution in [3.63, 3.8) is 0 Å². The molecule has 0 fully saturated rings. The number of hydrogen-bond acceptors (Lipinski definition) is 4. The predicted octanol–water partition coefficient (Wildman–Crippen LogP) is 0.0838. The molecule has 0 saturated heterocycles. The molecular formula is C11H16N4O2S2. The van der Waals surface area contributed by atoms with E-state index in [1.807, 2.05) is 6.92 Å². The second-order valence-electron chi connectivity index (χ2n) is 3.52. The number of nitrogens with zero attached hydrogens (tertiary/aromatic N) is 1. The summed E-state index contributed by atoms with van der Waals surface area (Å²) < 4.78 is 22.4. The molecule has 0 aromatic carbocycles. The molecule has 0 bridgehead atoms. The molecule has 0 radical (unpaired) electrons. The van der Waals surface area contributed by atoms with Crippen LogP contribution in [0.25, 0.3) is 0 Å². The van der Waals surface area contributed by atoms with Gasteiger partial charge < -0.3 is 10.6 Å². The van der Waals surface area contributed by atoms with E-state index >= 15 is 0 Å². The molecule has 1 aromatic heterocycles. The first-order chi connectivity index (χ1) is 8.97. The van der Waals surface area contributed by atoms with Crippen LogP contribution in [-0.2, 0) is 16.6 Å². The molecule has 19 heavy (non-hydrogen) atoms. The number of guanidine groups is 1. The molecule has 104 valence electrons. The highest BCUT2D eigenvalue weighted by Crippen LogP contribution is 2.20. The highest BCUT2D eigenvalue weighted by Gasteiger charge is 2.10. The minimum absolute atomic E-state index is 0.138. The Bertz CT molecular complexity index is 584. The fourth-order valence-electron chi connectivity index (χ4n) is 1.23. The van der Waals surface area contributed by atoms with Crippen molar-refractivity contribution in [2.45, 2.75) is 17.7 Å². The molecular weight excluding hydrogens is 284 g/mol. The summed E-state index contributed by atoms with van der Waals surface area (Å²) in [6.07, 6.45) is 5.16. The van der Waals surface area contributed by atoms with Crippen LogP contribution in [0.1, 0.15) is 11.8 Å². The fourth-order valence-corrected chi connectivity index (χ4v) is 2.93. The van der Waals surface area contributed by atoms with Gasteiger partial charge in [-0.15, -0.1) is 17.8 Å². The van der Waals surface area contributed by atoms with Crippen molar-refractivity contribution in [1.82, 2.24) is 10.6 Å². The lowest BCUT2D eigenvalue weighted by atomic mass is 10.5. The zero-order valence-electron chi connectivity index (χ0n) is 10.5. The minimum atomic E-state index is -3.63. The Morgan fingerprint density at radius 1 is 1.53 bits per heavy atom. The summed E-state index contributed by atoms with van der Waals surface area (Å²) in [4.78, 5) is 5.10. The average Bonchev–Trinajstić information content (AvgIpc) is 2.81. The Hall–Kier alpha value is -1.56. The van der Waals surface area contributed by atoms with Gasteiger partial charge in [0, 0.05) is 11.4 Å². The van der Waals surface area contributed by atoms with Crippen LogP contribution in [0.4, 0.5) is 0 Å². The number of sulfonamides is 1. The third-order valence-electron chi connectivity index (χ3n) is 2.01. The Morgan fingerprint density at radius 2 is 2.26 bits per heavy atom. The highest BCUT2D eigenvalue weighted by molar-refractivity contribution is 7.91. The van der Waals surface area contributed by atoms with Gasteiger partial charge in [-0.05, 0) is 19.1 Å². The Labute approximate surface area is 117 Å². The SMILES string of the molecule is C#CCNC(=NCc1ccc(S(N)(=O)=O)s1)NCC. The molecule has 0 aliphatic carbocycles. The van der Waals surface area contributed by atoms with E-state index in [4.69, 9.17) is 11.6 Å². The van der Waals surface area contributed by atoms with Crippen LogP contribution >= 0.6 is 11.3 Å². The quantitative estimate of drug-likeness (QED) is 0.408. The third-order valence-corrected chi connectivity index (χ3v) is 4.52. The maximum atomic E-state index is 11.1. The molecule has 4 N–H and O–H groups in total. The molecule has 1 rings (SSSR count). The van der Waals surface area contributed by atoms with Crippen LogP contribution in [-0.4, -0.2) is 27.5 Å². The summed E-state index contributed by atoms with van der Waals surface area (Å²) in [6.45, 7) is 3.39. The molecule has 1 aromatic rings. The first-order valence-electron chi connectivity index (χ1n) is 5.54. The van der Waals surface area contributed by atoms with Gasteiger partial charge in [0.05, 0.1) is 13.1 Å². The lowest BCUT2D eigenvalue weighted by molar-refractivity contribution is 0.600. The number of nitrogens with two attached hydrogens (primary N) is 1. The summed E-state index contributed by atoms with van der Waals surface area (Å²) in [5.74, 6) is 3.04. The molecule has 0 amide bonds. The number of thiophene rings is 1. The summed E-state index contributed by atoms with van der Waals surface area (Å²) in [6, 6.07) is 3.17. The van der Waals surface area contributed by atoms with E-state index in [1.165, 1.54) is 6.07 Å². The van der Waals surface area contributed by atoms with Gasteiger partial charge in [-0.25, -0.2) is 18.5 Å². The monoisotopic (exact) mass is 300 g/mol. The van der Waals surface area contributed by atoms with E-state index in [1.54, 1.807) is 6.07 Å². The van der Waals surface area contributed by atoms with Crippen molar-refractivity contribution in [2.75, 3.05) is 13.1 Å². The molecule has 0 unspecified atom stereocenters. The minimum Gasteiger partial charge on any atom is -0.357 e. The van der Waals surface area contributed by atoms with Crippen LogP contribution in [0.15, 0.2) is 21.3 Å². The Balaban J connectivity index is 2.72. The van der Waals surface area contributed by atoms with Crippen molar-refractivity contribution in [1.29, 1.82) is 0 Å². The zero-order valence-corrected chi connectivity index (χ0v) is 12.1. The van der Waals surface area contributed by atoms with Crippen LogP contribution in [0.2, 0.25) is 0 Å². The van der Waals surface area contributed by atoms with Gasteiger partial charge in [0.15, 0.2) is 5.96 Å². The van der Waals surface area contributed by atoms with E-state index in [0.29, 0.717) is 25.6 Å². The third kappa shape index (κ3) is 5.30. The standard InChI is InChI=1S/C11H16N4O2S2/c1-3-7-14-11(13-4-2)15-8-9-5-6-10(18-9)19(12,16)17/h1,5-6H,4,7-8H2,2H3,(H2,12,16,17)(H2,13,14,15).